The molecule has 0 aliphatic heterocycles. The molecule has 2 aromatic heterocycles. The number of nitrogens with zero attached hydrogens (tertiary/aromatic N) is 3. The van der Waals surface area contributed by atoms with E-state index >= 15 is 0 Å². The minimum Gasteiger partial charge on any atom is -0.477 e. The second kappa shape index (κ2) is 8.79. The molecule has 0 N–H and O–H groups in total. The Labute approximate surface area is 186 Å². The molecule has 0 aliphatic rings. The number of hydrogen-bond acceptors (Lipinski definition) is 3. The monoisotopic (exact) mass is 415 g/mol. The zero-order valence-electron chi connectivity index (χ0n) is 17.5. The lowest BCUT2D eigenvalue weighted by molar-refractivity contribution is 0.371. The van der Waals surface area contributed by atoms with E-state index in [1.54, 1.807) is 0 Å². The van der Waals surface area contributed by atoms with Crippen molar-refractivity contribution in [3.05, 3.63) is 108 Å². The van der Waals surface area contributed by atoms with Crippen LogP contribution in [0.15, 0.2) is 91.1 Å². The summed E-state index contributed by atoms with van der Waals surface area (Å²) in [5.74, 6) is 0.729. The fourth-order valence-electron chi connectivity index (χ4n) is 3.93. The highest BCUT2D eigenvalue weighted by molar-refractivity contribution is 5.86. The zero-order chi connectivity index (χ0) is 21.8. The van der Waals surface area contributed by atoms with Gasteiger partial charge in [-0.25, -0.2) is 4.98 Å². The molecule has 0 atom stereocenters. The number of rotatable bonds is 6. The van der Waals surface area contributed by atoms with Crippen LogP contribution in [0.4, 0.5) is 0 Å². The van der Waals surface area contributed by atoms with Crippen LogP contribution in [0.1, 0.15) is 16.8 Å². The van der Waals surface area contributed by atoms with Gasteiger partial charge in [0.05, 0.1) is 16.7 Å². The predicted octanol–water partition coefficient (Wildman–Crippen LogP) is 6.31. The molecular weight excluding hydrogens is 394 g/mol. The van der Waals surface area contributed by atoms with Crippen molar-refractivity contribution in [1.29, 1.82) is 5.26 Å². The number of fused-ring (bicyclic) bond motifs is 2. The lowest BCUT2D eigenvalue weighted by atomic mass is 10.1. The largest absolute Gasteiger partial charge is 0.477 e. The number of ether oxygens (including phenoxy) is 1. The SMILES string of the molecule is N#CCOc1cccc2ccn(Cc3cccc(/C=C/c4ccc5ccccc5n4)c3)c12. The second-order valence-corrected chi connectivity index (χ2v) is 7.59. The van der Waals surface area contributed by atoms with Gasteiger partial charge in [-0.2, -0.15) is 5.26 Å². The fraction of sp³-hybridized carbons (Fsp3) is 0.0714. The Bertz CT molecular complexity index is 1470. The number of para-hydroxylation sites is 2. The van der Waals surface area contributed by atoms with Crippen LogP contribution in [0.5, 0.6) is 5.75 Å². The third kappa shape index (κ3) is 4.10. The van der Waals surface area contributed by atoms with E-state index in [0.717, 1.165) is 38.8 Å². The molecule has 0 saturated heterocycles. The first kappa shape index (κ1) is 19.6. The molecule has 0 radical (unpaired) electrons. The summed E-state index contributed by atoms with van der Waals surface area (Å²) < 4.78 is 7.81. The van der Waals surface area contributed by atoms with Crippen LogP contribution in [-0.4, -0.2) is 16.2 Å². The summed E-state index contributed by atoms with van der Waals surface area (Å²) in [5, 5.41) is 11.1. The molecule has 0 saturated carbocycles. The third-order valence-electron chi connectivity index (χ3n) is 5.41. The van der Waals surface area contributed by atoms with Crippen LogP contribution in [0.25, 0.3) is 34.0 Å². The average molecular weight is 415 g/mol. The number of hydrogen-bond donors (Lipinski definition) is 0. The average Bonchev–Trinajstić information content (AvgIpc) is 3.25. The van der Waals surface area contributed by atoms with Crippen LogP contribution in [0.2, 0.25) is 0 Å². The highest BCUT2D eigenvalue weighted by Crippen LogP contribution is 2.27. The van der Waals surface area contributed by atoms with Gasteiger partial charge in [0.2, 0.25) is 0 Å². The minimum atomic E-state index is 0.0351. The van der Waals surface area contributed by atoms with Crippen molar-refractivity contribution >= 4 is 34.0 Å². The molecule has 0 bridgehead atoms. The van der Waals surface area contributed by atoms with Crippen LogP contribution < -0.4 is 4.74 Å². The van der Waals surface area contributed by atoms with E-state index < -0.39 is 0 Å². The van der Waals surface area contributed by atoms with E-state index in [1.807, 2.05) is 48.5 Å². The summed E-state index contributed by atoms with van der Waals surface area (Å²) in [7, 11) is 0. The molecule has 0 unspecified atom stereocenters. The van der Waals surface area contributed by atoms with Crippen molar-refractivity contribution in [2.45, 2.75) is 6.54 Å². The number of benzene rings is 3. The quantitative estimate of drug-likeness (QED) is 0.326. The van der Waals surface area contributed by atoms with Crippen molar-refractivity contribution in [3.8, 4) is 11.8 Å². The summed E-state index contributed by atoms with van der Waals surface area (Å²) in [6.07, 6.45) is 6.20. The smallest absolute Gasteiger partial charge is 0.174 e. The zero-order valence-corrected chi connectivity index (χ0v) is 17.5. The minimum absolute atomic E-state index is 0.0351. The van der Waals surface area contributed by atoms with E-state index in [1.165, 1.54) is 5.56 Å². The maximum absolute atomic E-state index is 8.88. The van der Waals surface area contributed by atoms with Crippen molar-refractivity contribution in [1.82, 2.24) is 9.55 Å². The summed E-state index contributed by atoms with van der Waals surface area (Å²) in [6.45, 7) is 0.750. The third-order valence-corrected chi connectivity index (χ3v) is 5.41. The van der Waals surface area contributed by atoms with Gasteiger partial charge in [-0.3, -0.25) is 0 Å². The van der Waals surface area contributed by atoms with Crippen LogP contribution >= 0.6 is 0 Å². The Hall–Kier alpha value is -4.36. The molecule has 154 valence electrons. The molecule has 32 heavy (non-hydrogen) atoms. The molecule has 0 aliphatic carbocycles. The van der Waals surface area contributed by atoms with Gasteiger partial charge in [-0.15, -0.1) is 0 Å². The standard InChI is InChI=1S/C28H21N3O/c29-16-18-32-27-10-4-8-24-15-17-31(28(24)27)20-22-6-3-5-21(19-22)11-13-25-14-12-23-7-1-2-9-26(23)30-25/h1-15,17,19H,18,20H2/b13-11+. The molecular formula is C28H21N3O. The Balaban J connectivity index is 1.40. The van der Waals surface area contributed by atoms with Gasteiger partial charge in [0.25, 0.3) is 0 Å². The predicted molar refractivity (Wildman–Crippen MR) is 129 cm³/mol. The number of aromatic nitrogens is 2. The van der Waals surface area contributed by atoms with E-state index in [-0.39, 0.29) is 6.61 Å². The Morgan fingerprint density at radius 3 is 2.69 bits per heavy atom. The van der Waals surface area contributed by atoms with Crippen LogP contribution in [0, 0.1) is 11.3 Å². The Kier molecular flexibility index (Phi) is 5.38. The van der Waals surface area contributed by atoms with E-state index in [2.05, 4.69) is 65.4 Å². The van der Waals surface area contributed by atoms with Crippen LogP contribution in [-0.2, 0) is 6.54 Å². The van der Waals surface area contributed by atoms with E-state index in [9.17, 15) is 0 Å². The van der Waals surface area contributed by atoms with Gasteiger partial charge in [0.15, 0.2) is 6.61 Å². The van der Waals surface area contributed by atoms with Crippen molar-refractivity contribution < 1.29 is 4.74 Å². The number of pyridine rings is 1. The molecule has 5 rings (SSSR count). The van der Waals surface area contributed by atoms with Gasteiger partial charge in [-0.1, -0.05) is 60.7 Å². The van der Waals surface area contributed by atoms with Gasteiger partial charge < -0.3 is 9.30 Å². The fourth-order valence-corrected chi connectivity index (χ4v) is 3.93. The van der Waals surface area contributed by atoms with Gasteiger partial charge in [0, 0.05) is 23.5 Å². The highest BCUT2D eigenvalue weighted by Gasteiger charge is 2.08. The highest BCUT2D eigenvalue weighted by atomic mass is 16.5. The maximum Gasteiger partial charge on any atom is 0.174 e. The lowest BCUT2D eigenvalue weighted by Gasteiger charge is -2.10. The van der Waals surface area contributed by atoms with Crippen LogP contribution in [0.3, 0.4) is 0 Å². The lowest BCUT2D eigenvalue weighted by Crippen LogP contribution is -2.01. The van der Waals surface area contributed by atoms with Crippen molar-refractivity contribution in [2.24, 2.45) is 0 Å². The Morgan fingerprint density at radius 1 is 0.875 bits per heavy atom. The molecule has 0 fully saturated rings. The van der Waals surface area contributed by atoms with Gasteiger partial charge in [-0.05, 0) is 47.5 Å². The molecule has 5 aromatic rings. The van der Waals surface area contributed by atoms with E-state index in [4.69, 9.17) is 15.0 Å². The van der Waals surface area contributed by atoms with Crippen molar-refractivity contribution in [3.63, 3.8) is 0 Å². The Morgan fingerprint density at radius 2 is 1.75 bits per heavy atom. The first-order chi connectivity index (χ1) is 15.8. The summed E-state index contributed by atoms with van der Waals surface area (Å²) in [5.41, 5.74) is 5.24. The molecule has 0 amide bonds. The maximum atomic E-state index is 8.88. The van der Waals surface area contributed by atoms with Gasteiger partial charge in [0.1, 0.15) is 11.8 Å². The number of nitriles is 1. The topological polar surface area (TPSA) is 50.8 Å². The van der Waals surface area contributed by atoms with Crippen molar-refractivity contribution in [2.75, 3.05) is 6.61 Å². The first-order valence-electron chi connectivity index (χ1n) is 10.5. The molecule has 4 nitrogen and oxygen atoms in total. The molecule has 4 heteroatoms. The summed E-state index contributed by atoms with van der Waals surface area (Å²) >= 11 is 0. The normalized spacial score (nSPS) is 11.2. The molecule has 3 aromatic carbocycles. The summed E-state index contributed by atoms with van der Waals surface area (Å²) in [6, 6.07) is 30.8. The summed E-state index contributed by atoms with van der Waals surface area (Å²) in [4.78, 5) is 4.71. The second-order valence-electron chi connectivity index (χ2n) is 7.59. The van der Waals surface area contributed by atoms with Gasteiger partial charge >= 0.3 is 0 Å². The molecule has 2 heterocycles. The van der Waals surface area contributed by atoms with E-state index in [0.29, 0.717) is 6.54 Å². The first-order valence-corrected chi connectivity index (χ1v) is 10.5. The molecule has 0 spiro atoms.